The molecule has 4 aliphatic rings. The van der Waals surface area contributed by atoms with Crippen LogP contribution in [0.15, 0.2) is 35.9 Å². The maximum absolute atomic E-state index is 6.46. The Morgan fingerprint density at radius 1 is 0.917 bits per heavy atom. The maximum atomic E-state index is 6.46. The van der Waals surface area contributed by atoms with E-state index in [1.165, 1.54) is 63.4 Å². The molecule has 0 N–H and O–H groups in total. The molecule has 0 spiro atoms. The fourth-order valence-electron chi connectivity index (χ4n) is 9.48. The normalized spacial score (nSPS) is 38.6. The van der Waals surface area contributed by atoms with Crippen molar-refractivity contribution in [2.24, 2.45) is 46.3 Å². The molecule has 36 heavy (non-hydrogen) atoms. The van der Waals surface area contributed by atoms with Crippen molar-refractivity contribution in [3.8, 4) is 5.75 Å². The van der Waals surface area contributed by atoms with Gasteiger partial charge in [-0.05, 0) is 115 Å². The summed E-state index contributed by atoms with van der Waals surface area (Å²) in [5, 5.41) is 0. The predicted octanol–water partition coefficient (Wildman–Crippen LogP) is 9.23. The molecule has 0 aliphatic heterocycles. The van der Waals surface area contributed by atoms with Crippen LogP contribution in [0.4, 0.5) is 0 Å². The van der Waals surface area contributed by atoms with E-state index < -0.39 is 0 Å². The Kier molecular flexibility index (Phi) is 7.66. The van der Waals surface area contributed by atoms with Gasteiger partial charge in [0, 0.05) is 0 Å². The first-order valence-electron chi connectivity index (χ1n) is 15.2. The number of rotatable bonds is 8. The molecule has 3 fully saturated rings. The van der Waals surface area contributed by atoms with Gasteiger partial charge in [0.15, 0.2) is 0 Å². The second kappa shape index (κ2) is 10.5. The molecule has 1 aromatic carbocycles. The topological polar surface area (TPSA) is 18.5 Å². The summed E-state index contributed by atoms with van der Waals surface area (Å²) in [6.45, 7) is 13.4. The molecule has 5 rings (SSSR count). The number of hydrogen-bond acceptors (Lipinski definition) is 2. The summed E-state index contributed by atoms with van der Waals surface area (Å²) in [6, 6.07) is 8.34. The molecular weight excluding hydrogens is 440 g/mol. The smallest absolute Gasteiger partial charge is 0.118 e. The Morgan fingerprint density at radius 3 is 2.42 bits per heavy atom. The lowest BCUT2D eigenvalue weighted by Crippen LogP contribution is -2.51. The lowest BCUT2D eigenvalue weighted by Gasteiger charge is -2.58. The second-order valence-corrected chi connectivity index (χ2v) is 14.0. The fourth-order valence-corrected chi connectivity index (χ4v) is 9.48. The molecule has 0 amide bonds. The van der Waals surface area contributed by atoms with Gasteiger partial charge < -0.3 is 9.47 Å². The first-order chi connectivity index (χ1) is 17.2. The van der Waals surface area contributed by atoms with E-state index in [2.05, 4.69) is 52.8 Å². The minimum Gasteiger partial charge on any atom is -0.497 e. The number of ether oxygens (including phenoxy) is 2. The molecule has 3 saturated carbocycles. The van der Waals surface area contributed by atoms with E-state index in [0.29, 0.717) is 23.5 Å². The van der Waals surface area contributed by atoms with Gasteiger partial charge in [0.2, 0.25) is 0 Å². The molecule has 2 nitrogen and oxygen atoms in total. The summed E-state index contributed by atoms with van der Waals surface area (Å²) in [6.07, 6.45) is 16.8. The van der Waals surface area contributed by atoms with Crippen molar-refractivity contribution in [1.82, 2.24) is 0 Å². The van der Waals surface area contributed by atoms with Crippen LogP contribution < -0.4 is 4.74 Å². The highest BCUT2D eigenvalue weighted by Gasteiger charge is 2.59. The van der Waals surface area contributed by atoms with Crippen LogP contribution in [0.3, 0.4) is 0 Å². The van der Waals surface area contributed by atoms with Crippen molar-refractivity contribution < 1.29 is 9.47 Å². The maximum Gasteiger partial charge on any atom is 0.118 e. The van der Waals surface area contributed by atoms with Gasteiger partial charge >= 0.3 is 0 Å². The SMILES string of the molecule is COc1ccc(COC2CC[C@@]3(C)C(=CC[C@H]4[C@@H]5CC[C@H]([C@H](C)CCC(C)C)[C@@]5(C)CC[C@@H]43)C2)cc1. The van der Waals surface area contributed by atoms with E-state index in [9.17, 15) is 0 Å². The van der Waals surface area contributed by atoms with E-state index in [-0.39, 0.29) is 0 Å². The third-order valence-electron chi connectivity index (χ3n) is 11.7. The minimum absolute atomic E-state index is 0.370. The summed E-state index contributed by atoms with van der Waals surface area (Å²) in [5.41, 5.74) is 3.97. The number of allylic oxidation sites excluding steroid dienone is 1. The summed E-state index contributed by atoms with van der Waals surface area (Å²) < 4.78 is 11.8. The van der Waals surface area contributed by atoms with E-state index in [1.807, 2.05) is 12.1 Å². The first kappa shape index (κ1) is 26.3. The lowest BCUT2D eigenvalue weighted by molar-refractivity contribution is -0.0657. The highest BCUT2D eigenvalue weighted by Crippen LogP contribution is 2.67. The van der Waals surface area contributed by atoms with E-state index in [1.54, 1.807) is 12.7 Å². The van der Waals surface area contributed by atoms with Crippen LogP contribution in [0, 0.1) is 46.3 Å². The number of hydrogen-bond donors (Lipinski definition) is 0. The molecule has 0 bridgehead atoms. The largest absolute Gasteiger partial charge is 0.497 e. The predicted molar refractivity (Wildman–Crippen MR) is 150 cm³/mol. The Morgan fingerprint density at radius 2 is 1.69 bits per heavy atom. The van der Waals surface area contributed by atoms with Crippen molar-refractivity contribution >= 4 is 0 Å². The van der Waals surface area contributed by atoms with Gasteiger partial charge in [-0.3, -0.25) is 0 Å². The third-order valence-corrected chi connectivity index (χ3v) is 11.7. The second-order valence-electron chi connectivity index (χ2n) is 14.0. The highest BCUT2D eigenvalue weighted by molar-refractivity contribution is 5.27. The third kappa shape index (κ3) is 4.81. The molecule has 0 aromatic heterocycles. The summed E-state index contributed by atoms with van der Waals surface area (Å²) in [7, 11) is 1.72. The average Bonchev–Trinajstić information content (AvgIpc) is 3.23. The Bertz CT molecular complexity index is 916. The van der Waals surface area contributed by atoms with Crippen molar-refractivity contribution in [2.75, 3.05) is 7.11 Å². The van der Waals surface area contributed by atoms with Gasteiger partial charge in [0.1, 0.15) is 5.75 Å². The first-order valence-corrected chi connectivity index (χ1v) is 15.2. The molecular formula is C34H52O2. The summed E-state index contributed by atoms with van der Waals surface area (Å²) in [5.74, 6) is 6.34. The minimum atomic E-state index is 0.370. The van der Waals surface area contributed by atoms with Crippen molar-refractivity contribution in [1.29, 1.82) is 0 Å². The van der Waals surface area contributed by atoms with Crippen LogP contribution >= 0.6 is 0 Å². The Labute approximate surface area is 221 Å². The monoisotopic (exact) mass is 492 g/mol. The van der Waals surface area contributed by atoms with Crippen molar-refractivity contribution in [3.05, 3.63) is 41.5 Å². The molecule has 1 aromatic rings. The van der Waals surface area contributed by atoms with Crippen LogP contribution in [0.25, 0.3) is 0 Å². The molecule has 2 heteroatoms. The summed E-state index contributed by atoms with van der Waals surface area (Å²) in [4.78, 5) is 0. The average molecular weight is 493 g/mol. The van der Waals surface area contributed by atoms with Gasteiger partial charge in [0.05, 0.1) is 19.8 Å². The number of fused-ring (bicyclic) bond motifs is 5. The van der Waals surface area contributed by atoms with E-state index in [0.717, 1.165) is 47.7 Å². The van der Waals surface area contributed by atoms with Gasteiger partial charge in [-0.25, -0.2) is 0 Å². The van der Waals surface area contributed by atoms with Crippen LogP contribution in [0.2, 0.25) is 0 Å². The van der Waals surface area contributed by atoms with Gasteiger partial charge in [-0.2, -0.15) is 0 Å². The zero-order chi connectivity index (χ0) is 25.5. The van der Waals surface area contributed by atoms with Crippen LogP contribution in [0.1, 0.15) is 104 Å². The Balaban J connectivity index is 1.23. The molecule has 8 atom stereocenters. The van der Waals surface area contributed by atoms with Crippen LogP contribution in [-0.2, 0) is 11.3 Å². The summed E-state index contributed by atoms with van der Waals surface area (Å²) >= 11 is 0. The molecule has 1 unspecified atom stereocenters. The van der Waals surface area contributed by atoms with Crippen molar-refractivity contribution in [2.45, 2.75) is 112 Å². The lowest BCUT2D eigenvalue weighted by atomic mass is 9.47. The molecule has 0 saturated heterocycles. The van der Waals surface area contributed by atoms with Crippen LogP contribution in [0.5, 0.6) is 5.75 Å². The van der Waals surface area contributed by atoms with Crippen molar-refractivity contribution in [3.63, 3.8) is 0 Å². The van der Waals surface area contributed by atoms with Gasteiger partial charge in [0.25, 0.3) is 0 Å². The zero-order valence-corrected chi connectivity index (χ0v) is 24.0. The number of benzene rings is 1. The molecule has 4 aliphatic carbocycles. The highest BCUT2D eigenvalue weighted by atomic mass is 16.5. The van der Waals surface area contributed by atoms with E-state index in [4.69, 9.17) is 9.47 Å². The van der Waals surface area contributed by atoms with Gasteiger partial charge in [-0.1, -0.05) is 71.2 Å². The fraction of sp³-hybridized carbons (Fsp3) is 0.765. The standard InChI is InChI=1S/C34H52O2/c1-23(2)7-8-24(3)30-15-16-31-29-14-11-26-21-28(36-22-25-9-12-27(35-6)13-10-25)17-19-33(26,4)32(29)18-20-34(30,31)5/h9-13,23-24,28-32H,7-8,14-22H2,1-6H3/t24-,28?,29+,30-,31+,32+,33+,34-/m1/s1. The quantitative estimate of drug-likeness (QED) is 0.337. The molecule has 200 valence electrons. The Hall–Kier alpha value is -1.28. The zero-order valence-electron chi connectivity index (χ0n) is 24.0. The van der Waals surface area contributed by atoms with Crippen LogP contribution in [-0.4, -0.2) is 13.2 Å². The van der Waals surface area contributed by atoms with Gasteiger partial charge in [-0.15, -0.1) is 0 Å². The molecule has 0 radical (unpaired) electrons. The number of methoxy groups -OCH3 is 1. The van der Waals surface area contributed by atoms with E-state index >= 15 is 0 Å². The molecule has 0 heterocycles.